The third-order valence-corrected chi connectivity index (χ3v) is 10.9. The van der Waals surface area contributed by atoms with Gasteiger partial charge in [0.15, 0.2) is 0 Å². The Kier molecular flexibility index (Phi) is 13.5. The van der Waals surface area contributed by atoms with Crippen molar-refractivity contribution in [2.24, 2.45) is 0 Å². The van der Waals surface area contributed by atoms with Crippen LogP contribution in [0.15, 0.2) is 30.8 Å². The molecule has 1 rings (SSSR count). The molecule has 0 spiro atoms. The van der Waals surface area contributed by atoms with E-state index >= 15 is 0 Å². The van der Waals surface area contributed by atoms with Crippen molar-refractivity contribution in [2.75, 3.05) is 39.3 Å². The van der Waals surface area contributed by atoms with E-state index in [2.05, 4.69) is 86.1 Å². The van der Waals surface area contributed by atoms with Crippen LogP contribution < -0.4 is 5.19 Å². The lowest BCUT2D eigenvalue weighted by Crippen LogP contribution is -2.82. The summed E-state index contributed by atoms with van der Waals surface area (Å²) >= 11 is 0. The molecular weight excluding hydrogens is 382 g/mol. The maximum Gasteiger partial charge on any atom is 0.323 e. The minimum Gasteiger partial charge on any atom is -0.296 e. The van der Waals surface area contributed by atoms with Crippen LogP contribution in [-0.2, 0) is 0 Å². The summed E-state index contributed by atoms with van der Waals surface area (Å²) in [5, 5.41) is 1.55. The van der Waals surface area contributed by atoms with Gasteiger partial charge in [0, 0.05) is 0 Å². The highest BCUT2D eigenvalue weighted by molar-refractivity contribution is 6.84. The van der Waals surface area contributed by atoms with Crippen molar-refractivity contribution in [1.29, 1.82) is 0 Å². The predicted molar refractivity (Wildman–Crippen MR) is 138 cm³/mol. The zero-order valence-electron chi connectivity index (χ0n) is 20.9. The minimum atomic E-state index is -2.28. The summed E-state index contributed by atoms with van der Waals surface area (Å²) in [7, 11) is -2.28. The largest absolute Gasteiger partial charge is 0.323 e. The van der Waals surface area contributed by atoms with Crippen molar-refractivity contribution in [3.8, 4) is 0 Å². The molecule has 0 unspecified atom stereocenters. The van der Waals surface area contributed by atoms with Gasteiger partial charge in [-0.15, -0.1) is 0 Å². The van der Waals surface area contributed by atoms with E-state index < -0.39 is 8.56 Å². The van der Waals surface area contributed by atoms with Gasteiger partial charge >= 0.3 is 8.56 Å². The standard InChI is InChI=1S/C26H49N3Si/c1-8-18-27(19-9-2)30(28(20-10-3)21-11-4,29(22-12-5)23-13-6)26-17-15-16-25(14-7)24-26/h14-17,24H,7-13,18-23H2,1-6H3. The van der Waals surface area contributed by atoms with Gasteiger partial charge in [-0.2, -0.15) is 0 Å². The molecule has 0 radical (unpaired) electrons. The highest BCUT2D eigenvalue weighted by Gasteiger charge is 2.51. The molecule has 0 bridgehead atoms. The average Bonchev–Trinajstić information content (AvgIpc) is 2.75. The number of nitrogens with zero attached hydrogens (tertiary/aromatic N) is 3. The molecule has 4 heteroatoms. The maximum atomic E-state index is 4.08. The third-order valence-electron chi connectivity index (χ3n) is 5.79. The molecule has 0 aliphatic rings. The Balaban J connectivity index is 3.90. The Hall–Kier alpha value is -0.943. The lowest BCUT2D eigenvalue weighted by Gasteiger charge is -2.54. The molecule has 172 valence electrons. The first-order valence-corrected chi connectivity index (χ1v) is 14.4. The van der Waals surface area contributed by atoms with Gasteiger partial charge in [0.1, 0.15) is 0 Å². The van der Waals surface area contributed by atoms with Gasteiger partial charge in [0.2, 0.25) is 0 Å². The number of hydrogen-bond acceptors (Lipinski definition) is 3. The maximum absolute atomic E-state index is 4.08. The highest BCUT2D eigenvalue weighted by atomic mass is 28.4. The summed E-state index contributed by atoms with van der Waals surface area (Å²) in [6.45, 7) is 25.2. The van der Waals surface area contributed by atoms with E-state index in [4.69, 9.17) is 0 Å². The lowest BCUT2D eigenvalue weighted by atomic mass is 10.2. The van der Waals surface area contributed by atoms with Crippen LogP contribution in [0, 0.1) is 0 Å². The first-order valence-electron chi connectivity index (χ1n) is 12.6. The molecule has 0 N–H and O–H groups in total. The zero-order chi connectivity index (χ0) is 22.4. The molecule has 0 heterocycles. The van der Waals surface area contributed by atoms with Crippen LogP contribution in [0.4, 0.5) is 0 Å². The van der Waals surface area contributed by atoms with Crippen LogP contribution in [0.1, 0.15) is 85.6 Å². The monoisotopic (exact) mass is 431 g/mol. The zero-order valence-corrected chi connectivity index (χ0v) is 21.9. The molecule has 3 nitrogen and oxygen atoms in total. The van der Waals surface area contributed by atoms with E-state index in [1.165, 1.54) is 83.4 Å². The number of rotatable bonds is 17. The van der Waals surface area contributed by atoms with Crippen LogP contribution in [0.25, 0.3) is 6.08 Å². The fourth-order valence-electron chi connectivity index (χ4n) is 4.91. The SMILES string of the molecule is C=Cc1cccc([Si](N(CCC)CCC)(N(CCC)CCC)N(CCC)CCC)c1. The van der Waals surface area contributed by atoms with Gasteiger partial charge in [-0.3, -0.25) is 13.7 Å². The molecule has 1 aromatic rings. The van der Waals surface area contributed by atoms with Crippen LogP contribution in [0.5, 0.6) is 0 Å². The lowest BCUT2D eigenvalue weighted by molar-refractivity contribution is 0.244. The van der Waals surface area contributed by atoms with Crippen molar-refractivity contribution in [3.63, 3.8) is 0 Å². The van der Waals surface area contributed by atoms with Crippen molar-refractivity contribution in [3.05, 3.63) is 36.4 Å². The van der Waals surface area contributed by atoms with Crippen LogP contribution in [-0.4, -0.2) is 61.5 Å². The second kappa shape index (κ2) is 15.0. The second-order valence-corrected chi connectivity index (χ2v) is 12.2. The second-order valence-electron chi connectivity index (χ2n) is 8.43. The minimum absolute atomic E-state index is 1.17. The van der Waals surface area contributed by atoms with Crippen molar-refractivity contribution < 1.29 is 0 Å². The molecule has 0 atom stereocenters. The summed E-state index contributed by atoms with van der Waals surface area (Å²) in [5.41, 5.74) is 1.25. The Morgan fingerprint density at radius 1 is 0.667 bits per heavy atom. The van der Waals surface area contributed by atoms with Gasteiger partial charge in [-0.25, -0.2) is 0 Å². The van der Waals surface area contributed by atoms with E-state index in [1.807, 2.05) is 6.08 Å². The van der Waals surface area contributed by atoms with Crippen LogP contribution in [0.3, 0.4) is 0 Å². The molecule has 0 aromatic heterocycles. The Morgan fingerprint density at radius 2 is 1.03 bits per heavy atom. The van der Waals surface area contributed by atoms with Gasteiger partial charge < -0.3 is 0 Å². The van der Waals surface area contributed by atoms with E-state index in [0.29, 0.717) is 0 Å². The summed E-state index contributed by atoms with van der Waals surface area (Å²) in [5.74, 6) is 0. The Bertz CT molecular complexity index is 531. The summed E-state index contributed by atoms with van der Waals surface area (Å²) in [4.78, 5) is 0. The fraction of sp³-hybridized carbons (Fsp3) is 0.692. The molecule has 0 saturated heterocycles. The quantitative estimate of drug-likeness (QED) is 0.287. The summed E-state index contributed by atoms with van der Waals surface area (Å²) < 4.78 is 8.77. The van der Waals surface area contributed by atoms with Crippen LogP contribution >= 0.6 is 0 Å². The highest BCUT2D eigenvalue weighted by Crippen LogP contribution is 2.25. The van der Waals surface area contributed by atoms with E-state index in [1.54, 1.807) is 5.19 Å². The Morgan fingerprint density at radius 3 is 1.33 bits per heavy atom. The molecule has 0 aliphatic heterocycles. The molecule has 0 fully saturated rings. The molecule has 0 saturated carbocycles. The van der Waals surface area contributed by atoms with Crippen LogP contribution in [0.2, 0.25) is 0 Å². The Labute approximate surface area is 189 Å². The van der Waals surface area contributed by atoms with Gasteiger partial charge in [0.05, 0.1) is 0 Å². The third kappa shape index (κ3) is 6.53. The normalized spacial score (nSPS) is 12.3. The number of hydrogen-bond donors (Lipinski definition) is 0. The predicted octanol–water partition coefficient (Wildman–Crippen LogP) is 5.84. The smallest absolute Gasteiger partial charge is 0.296 e. The van der Waals surface area contributed by atoms with E-state index in [9.17, 15) is 0 Å². The summed E-state index contributed by atoms with van der Waals surface area (Å²) in [6.07, 6.45) is 9.23. The first-order chi connectivity index (χ1) is 14.6. The molecule has 0 amide bonds. The van der Waals surface area contributed by atoms with Gasteiger partial charge in [-0.05, 0) is 88.5 Å². The van der Waals surface area contributed by atoms with Crippen molar-refractivity contribution in [2.45, 2.75) is 80.1 Å². The molecule has 1 aromatic carbocycles. The van der Waals surface area contributed by atoms with Gasteiger partial charge in [0.25, 0.3) is 0 Å². The number of benzene rings is 1. The molecule has 0 aliphatic carbocycles. The topological polar surface area (TPSA) is 9.72 Å². The summed E-state index contributed by atoms with van der Waals surface area (Å²) in [6, 6.07) is 9.34. The average molecular weight is 432 g/mol. The van der Waals surface area contributed by atoms with Crippen molar-refractivity contribution in [1.82, 2.24) is 13.7 Å². The van der Waals surface area contributed by atoms with E-state index in [-0.39, 0.29) is 0 Å². The van der Waals surface area contributed by atoms with E-state index in [0.717, 1.165) is 0 Å². The van der Waals surface area contributed by atoms with Crippen molar-refractivity contribution >= 4 is 19.8 Å². The van der Waals surface area contributed by atoms with Gasteiger partial charge in [-0.1, -0.05) is 78.5 Å². The first kappa shape index (κ1) is 27.1. The molecular formula is C26H49N3Si. The molecule has 30 heavy (non-hydrogen) atoms. The fourth-order valence-corrected chi connectivity index (χ4v) is 11.1.